The molecule has 3 N–H and O–H groups in total. The first-order chi connectivity index (χ1) is 8.52. The van der Waals surface area contributed by atoms with Gasteiger partial charge in [-0.3, -0.25) is 4.79 Å². The van der Waals surface area contributed by atoms with Crippen LogP contribution in [0.1, 0.15) is 18.1 Å². The Kier molecular flexibility index (Phi) is 5.94. The molecule has 4 nitrogen and oxygen atoms in total. The van der Waals surface area contributed by atoms with Crippen molar-refractivity contribution in [1.82, 2.24) is 0 Å². The fraction of sp³-hybridized carbons (Fsp3) is 0.333. The number of primary amides is 1. The molecule has 1 rings (SSSR count). The highest BCUT2D eigenvalue weighted by Crippen LogP contribution is 2.24. The maximum absolute atomic E-state index is 10.8. The van der Waals surface area contributed by atoms with Gasteiger partial charge in [-0.15, -0.1) is 0 Å². The summed E-state index contributed by atoms with van der Waals surface area (Å²) >= 11 is 6.31. The SMILES string of the molecule is CCOC(=S)SCc1cc(CC(N)=O)ccc1O. The van der Waals surface area contributed by atoms with Gasteiger partial charge in [0.1, 0.15) is 5.75 Å². The smallest absolute Gasteiger partial charge is 0.221 e. The fourth-order valence-corrected chi connectivity index (χ4v) is 2.36. The number of nitrogens with two attached hydrogens (primary N) is 1. The Morgan fingerprint density at radius 1 is 1.56 bits per heavy atom. The Morgan fingerprint density at radius 2 is 2.28 bits per heavy atom. The lowest BCUT2D eigenvalue weighted by Gasteiger charge is -2.08. The number of amides is 1. The highest BCUT2D eigenvalue weighted by Gasteiger charge is 2.07. The molecule has 0 atom stereocenters. The lowest BCUT2D eigenvalue weighted by Crippen LogP contribution is -2.13. The van der Waals surface area contributed by atoms with Gasteiger partial charge >= 0.3 is 0 Å². The van der Waals surface area contributed by atoms with Gasteiger partial charge in [-0.25, -0.2) is 0 Å². The van der Waals surface area contributed by atoms with E-state index in [4.69, 9.17) is 22.7 Å². The van der Waals surface area contributed by atoms with Gasteiger partial charge in [-0.1, -0.05) is 23.9 Å². The van der Waals surface area contributed by atoms with E-state index in [2.05, 4.69) is 0 Å². The Balaban J connectivity index is 2.69. The van der Waals surface area contributed by atoms with Crippen LogP contribution in [0.15, 0.2) is 18.2 Å². The average Bonchev–Trinajstić information content (AvgIpc) is 2.29. The summed E-state index contributed by atoms with van der Waals surface area (Å²) in [5.74, 6) is 0.274. The van der Waals surface area contributed by atoms with Gasteiger partial charge in [0, 0.05) is 11.3 Å². The monoisotopic (exact) mass is 285 g/mol. The molecule has 0 saturated carbocycles. The Hall–Kier alpha value is -1.27. The molecule has 0 unspecified atom stereocenters. The Bertz CT molecular complexity index is 449. The molecule has 0 radical (unpaired) electrons. The van der Waals surface area contributed by atoms with Gasteiger partial charge < -0.3 is 15.6 Å². The minimum atomic E-state index is -0.399. The summed E-state index contributed by atoms with van der Waals surface area (Å²) in [5.41, 5.74) is 6.61. The largest absolute Gasteiger partial charge is 0.508 e. The zero-order chi connectivity index (χ0) is 13.5. The van der Waals surface area contributed by atoms with E-state index in [0.29, 0.717) is 22.3 Å². The molecule has 18 heavy (non-hydrogen) atoms. The van der Waals surface area contributed by atoms with E-state index < -0.39 is 5.91 Å². The molecule has 0 aromatic heterocycles. The minimum absolute atomic E-state index is 0.161. The second-order valence-electron chi connectivity index (χ2n) is 3.58. The van der Waals surface area contributed by atoms with Gasteiger partial charge in [0.05, 0.1) is 13.0 Å². The van der Waals surface area contributed by atoms with Crippen LogP contribution in [0.5, 0.6) is 5.75 Å². The van der Waals surface area contributed by atoms with Crippen LogP contribution < -0.4 is 5.73 Å². The van der Waals surface area contributed by atoms with Crippen LogP contribution in [-0.2, 0) is 21.7 Å². The normalized spacial score (nSPS) is 10.1. The minimum Gasteiger partial charge on any atom is -0.508 e. The molecule has 1 aromatic carbocycles. The molecular formula is C12H15NO3S2. The lowest BCUT2D eigenvalue weighted by molar-refractivity contribution is -0.117. The van der Waals surface area contributed by atoms with Crippen molar-refractivity contribution in [1.29, 1.82) is 0 Å². The maximum Gasteiger partial charge on any atom is 0.221 e. The average molecular weight is 285 g/mol. The molecule has 98 valence electrons. The Morgan fingerprint density at radius 3 is 2.89 bits per heavy atom. The zero-order valence-electron chi connectivity index (χ0n) is 10.0. The van der Waals surface area contributed by atoms with E-state index in [1.54, 1.807) is 18.2 Å². The van der Waals surface area contributed by atoms with Crippen molar-refractivity contribution in [2.75, 3.05) is 6.61 Å². The van der Waals surface area contributed by atoms with Crippen molar-refractivity contribution in [3.05, 3.63) is 29.3 Å². The lowest BCUT2D eigenvalue weighted by atomic mass is 10.1. The second kappa shape index (κ2) is 7.23. The van der Waals surface area contributed by atoms with Crippen molar-refractivity contribution < 1.29 is 14.6 Å². The van der Waals surface area contributed by atoms with Crippen LogP contribution in [0, 0.1) is 0 Å². The summed E-state index contributed by atoms with van der Waals surface area (Å²) in [6.07, 6.45) is 0.161. The molecule has 0 spiro atoms. The molecule has 0 bridgehead atoms. The third kappa shape index (κ3) is 4.93. The molecule has 0 saturated heterocycles. The van der Waals surface area contributed by atoms with E-state index in [1.807, 2.05) is 6.92 Å². The van der Waals surface area contributed by atoms with Gasteiger partial charge in [0.2, 0.25) is 10.3 Å². The van der Waals surface area contributed by atoms with Crippen molar-refractivity contribution in [3.8, 4) is 5.75 Å². The molecule has 6 heteroatoms. The standard InChI is InChI=1S/C12H15NO3S2/c1-2-16-12(17)18-7-9-5-8(6-11(13)15)3-4-10(9)14/h3-5,14H,2,6-7H2,1H3,(H2,13,15). The summed E-state index contributed by atoms with van der Waals surface area (Å²) in [4.78, 5) is 10.8. The van der Waals surface area contributed by atoms with E-state index >= 15 is 0 Å². The number of hydrogen-bond acceptors (Lipinski definition) is 5. The van der Waals surface area contributed by atoms with Crippen LogP contribution in [0.4, 0.5) is 0 Å². The van der Waals surface area contributed by atoms with Crippen LogP contribution in [-0.4, -0.2) is 22.0 Å². The first kappa shape index (κ1) is 14.8. The highest BCUT2D eigenvalue weighted by atomic mass is 32.2. The number of carbonyl (C=O) groups excluding carboxylic acids is 1. The topological polar surface area (TPSA) is 72.5 Å². The molecule has 0 aliphatic carbocycles. The number of aromatic hydroxyl groups is 1. The predicted molar refractivity (Wildman–Crippen MR) is 76.5 cm³/mol. The summed E-state index contributed by atoms with van der Waals surface area (Å²) in [6, 6.07) is 4.98. The summed E-state index contributed by atoms with van der Waals surface area (Å²) < 4.78 is 5.58. The summed E-state index contributed by atoms with van der Waals surface area (Å²) in [5, 5.41) is 9.70. The van der Waals surface area contributed by atoms with E-state index in [0.717, 1.165) is 5.56 Å². The first-order valence-corrected chi connectivity index (χ1v) is 6.81. The van der Waals surface area contributed by atoms with Crippen molar-refractivity contribution in [2.45, 2.75) is 19.1 Å². The van der Waals surface area contributed by atoms with Gasteiger partial charge in [0.25, 0.3) is 0 Å². The highest BCUT2D eigenvalue weighted by molar-refractivity contribution is 8.22. The first-order valence-electron chi connectivity index (χ1n) is 5.41. The molecule has 0 fully saturated rings. The van der Waals surface area contributed by atoms with Crippen LogP contribution in [0.3, 0.4) is 0 Å². The third-order valence-corrected chi connectivity index (χ3v) is 3.41. The van der Waals surface area contributed by atoms with Gasteiger partial charge in [-0.05, 0) is 30.8 Å². The number of thiocarbonyl (C=S) groups is 1. The quantitative estimate of drug-likeness (QED) is 0.809. The van der Waals surface area contributed by atoms with Crippen LogP contribution in [0.25, 0.3) is 0 Å². The number of phenolic OH excluding ortho intramolecular Hbond substituents is 1. The third-order valence-electron chi connectivity index (χ3n) is 2.13. The second-order valence-corrected chi connectivity index (χ2v) is 5.16. The zero-order valence-corrected chi connectivity index (χ0v) is 11.6. The maximum atomic E-state index is 10.8. The molecule has 1 amide bonds. The van der Waals surface area contributed by atoms with Crippen molar-refractivity contribution >= 4 is 34.3 Å². The van der Waals surface area contributed by atoms with Crippen molar-refractivity contribution in [3.63, 3.8) is 0 Å². The number of carbonyl (C=O) groups is 1. The van der Waals surface area contributed by atoms with E-state index in [-0.39, 0.29) is 12.2 Å². The summed E-state index contributed by atoms with van der Waals surface area (Å²) in [7, 11) is 0. The summed E-state index contributed by atoms with van der Waals surface area (Å²) in [6.45, 7) is 2.39. The molecule has 0 aliphatic heterocycles. The molecule has 1 aromatic rings. The fourth-order valence-electron chi connectivity index (χ4n) is 1.36. The molecule has 0 heterocycles. The van der Waals surface area contributed by atoms with Crippen molar-refractivity contribution in [2.24, 2.45) is 5.73 Å². The number of ether oxygens (including phenoxy) is 1. The Labute approximate surface area is 116 Å². The van der Waals surface area contributed by atoms with Gasteiger partial charge in [-0.2, -0.15) is 0 Å². The number of hydrogen-bond donors (Lipinski definition) is 2. The number of thioether (sulfide) groups is 1. The number of rotatable bonds is 5. The molecular weight excluding hydrogens is 270 g/mol. The van der Waals surface area contributed by atoms with E-state index in [9.17, 15) is 9.90 Å². The molecule has 0 aliphatic rings. The predicted octanol–water partition coefficient (Wildman–Crippen LogP) is 1.97. The van der Waals surface area contributed by atoms with E-state index in [1.165, 1.54) is 11.8 Å². The number of phenols is 1. The number of benzene rings is 1. The van der Waals surface area contributed by atoms with Crippen LogP contribution in [0.2, 0.25) is 0 Å². The van der Waals surface area contributed by atoms with Crippen LogP contribution >= 0.6 is 24.0 Å². The van der Waals surface area contributed by atoms with Gasteiger partial charge in [0.15, 0.2) is 0 Å².